The van der Waals surface area contributed by atoms with Crippen LogP contribution in [0, 0.1) is 17.3 Å². The van der Waals surface area contributed by atoms with Gasteiger partial charge < -0.3 is 10.2 Å². The molecule has 2 rings (SSSR count). The molecule has 0 aromatic carbocycles. The van der Waals surface area contributed by atoms with Gasteiger partial charge in [0, 0.05) is 19.1 Å². The van der Waals surface area contributed by atoms with Gasteiger partial charge in [-0.2, -0.15) is 0 Å². The minimum atomic E-state index is 0.421. The Morgan fingerprint density at radius 1 is 1.23 bits per heavy atom. The minimum Gasteiger partial charge on any atom is -0.313 e. The highest BCUT2D eigenvalue weighted by Gasteiger charge is 2.45. The largest absolute Gasteiger partial charge is 0.313 e. The molecule has 3 atom stereocenters. The van der Waals surface area contributed by atoms with E-state index in [2.05, 4.69) is 38.0 Å². The summed E-state index contributed by atoms with van der Waals surface area (Å²) in [6, 6.07) is 0.724. The number of nitrogens with zero attached hydrogens (tertiary/aromatic N) is 1. The van der Waals surface area contributed by atoms with Crippen molar-refractivity contribution in [3.8, 4) is 0 Å². The van der Waals surface area contributed by atoms with Crippen LogP contribution in [0.5, 0.6) is 0 Å². The quantitative estimate of drug-likeness (QED) is 0.605. The first-order valence-electron chi connectivity index (χ1n) is 5.40. The van der Waals surface area contributed by atoms with Crippen molar-refractivity contribution in [2.24, 2.45) is 17.3 Å². The van der Waals surface area contributed by atoms with E-state index in [0.29, 0.717) is 5.41 Å². The lowest BCUT2D eigenvalue weighted by Crippen LogP contribution is -2.41. The fourth-order valence-electron chi connectivity index (χ4n) is 3.09. The van der Waals surface area contributed by atoms with E-state index in [-0.39, 0.29) is 0 Å². The van der Waals surface area contributed by atoms with E-state index in [1.807, 2.05) is 0 Å². The average molecular weight is 182 g/mol. The molecule has 2 saturated heterocycles. The van der Waals surface area contributed by atoms with Crippen molar-refractivity contribution in [1.82, 2.24) is 10.2 Å². The highest BCUT2D eigenvalue weighted by atomic mass is 15.2. The van der Waals surface area contributed by atoms with Crippen LogP contribution in [-0.2, 0) is 0 Å². The highest BCUT2D eigenvalue weighted by molar-refractivity contribution is 5.01. The predicted octanol–water partition coefficient (Wildman–Crippen LogP) is 1.18. The summed E-state index contributed by atoms with van der Waals surface area (Å²) in [6.07, 6.45) is 0. The van der Waals surface area contributed by atoms with Crippen LogP contribution in [-0.4, -0.2) is 37.6 Å². The fourth-order valence-corrected chi connectivity index (χ4v) is 3.09. The summed E-state index contributed by atoms with van der Waals surface area (Å²) in [4.78, 5) is 2.48. The third-order valence-electron chi connectivity index (χ3n) is 3.64. The lowest BCUT2D eigenvalue weighted by molar-refractivity contribution is 0.226. The molecule has 2 aliphatic heterocycles. The second-order valence-electron chi connectivity index (χ2n) is 5.90. The van der Waals surface area contributed by atoms with E-state index in [0.717, 1.165) is 17.9 Å². The number of rotatable bonds is 0. The van der Waals surface area contributed by atoms with E-state index in [4.69, 9.17) is 0 Å². The molecule has 0 radical (unpaired) electrons. The molecule has 2 fully saturated rings. The molecule has 0 amide bonds. The maximum Gasteiger partial charge on any atom is 0.0160 e. The molecule has 3 unspecified atom stereocenters. The van der Waals surface area contributed by atoms with Crippen molar-refractivity contribution in [3.05, 3.63) is 0 Å². The number of likely N-dealkylation sites (tertiary alicyclic amines) is 1. The Kier molecular flexibility index (Phi) is 2.16. The smallest absolute Gasteiger partial charge is 0.0160 e. The van der Waals surface area contributed by atoms with Crippen LogP contribution in [0.25, 0.3) is 0 Å². The molecular weight excluding hydrogens is 160 g/mol. The summed E-state index contributed by atoms with van der Waals surface area (Å²) >= 11 is 0. The van der Waals surface area contributed by atoms with Gasteiger partial charge in [0.2, 0.25) is 0 Å². The summed E-state index contributed by atoms with van der Waals surface area (Å²) < 4.78 is 0. The molecule has 2 aliphatic rings. The Balaban J connectivity index is 2.09. The van der Waals surface area contributed by atoms with E-state index in [1.165, 1.54) is 19.6 Å². The van der Waals surface area contributed by atoms with Gasteiger partial charge in [-0.1, -0.05) is 20.8 Å². The normalized spacial score (nSPS) is 41.1. The van der Waals surface area contributed by atoms with Crippen molar-refractivity contribution in [1.29, 1.82) is 0 Å². The monoisotopic (exact) mass is 182 g/mol. The molecule has 76 valence electrons. The average Bonchev–Trinajstić information content (AvgIpc) is 2.41. The summed E-state index contributed by atoms with van der Waals surface area (Å²) in [5, 5.41) is 3.69. The Morgan fingerprint density at radius 2 is 1.92 bits per heavy atom. The molecule has 0 saturated carbocycles. The minimum absolute atomic E-state index is 0.421. The first-order chi connectivity index (χ1) is 5.98. The van der Waals surface area contributed by atoms with E-state index in [1.54, 1.807) is 0 Å². The van der Waals surface area contributed by atoms with Crippen LogP contribution < -0.4 is 5.32 Å². The first-order valence-corrected chi connectivity index (χ1v) is 5.40. The van der Waals surface area contributed by atoms with Crippen LogP contribution in [0.2, 0.25) is 0 Å². The molecule has 13 heavy (non-hydrogen) atoms. The van der Waals surface area contributed by atoms with Crippen LogP contribution >= 0.6 is 0 Å². The van der Waals surface area contributed by atoms with Crippen molar-refractivity contribution in [3.63, 3.8) is 0 Å². The van der Waals surface area contributed by atoms with Gasteiger partial charge in [-0.3, -0.25) is 0 Å². The zero-order valence-corrected chi connectivity index (χ0v) is 9.30. The van der Waals surface area contributed by atoms with Gasteiger partial charge in [-0.15, -0.1) is 0 Å². The van der Waals surface area contributed by atoms with Crippen LogP contribution in [0.1, 0.15) is 20.8 Å². The van der Waals surface area contributed by atoms with Crippen molar-refractivity contribution in [2.75, 3.05) is 26.7 Å². The number of hydrogen-bond acceptors (Lipinski definition) is 2. The van der Waals surface area contributed by atoms with Gasteiger partial charge in [0.15, 0.2) is 0 Å². The number of fused-ring (bicyclic) bond motifs is 1. The Bertz CT molecular complexity index is 195. The standard InChI is InChI=1S/C11H22N2/c1-11(2,3)10-9-7-13(4)6-8(9)5-12-10/h8-10,12H,5-7H2,1-4H3. The van der Waals surface area contributed by atoms with E-state index >= 15 is 0 Å². The second kappa shape index (κ2) is 2.96. The molecule has 2 nitrogen and oxygen atoms in total. The van der Waals surface area contributed by atoms with Gasteiger partial charge >= 0.3 is 0 Å². The second-order valence-corrected chi connectivity index (χ2v) is 5.90. The zero-order valence-electron chi connectivity index (χ0n) is 9.30. The van der Waals surface area contributed by atoms with Crippen molar-refractivity contribution >= 4 is 0 Å². The van der Waals surface area contributed by atoms with E-state index < -0.39 is 0 Å². The summed E-state index contributed by atoms with van der Waals surface area (Å²) in [6.45, 7) is 10.9. The molecule has 0 spiro atoms. The number of nitrogens with one attached hydrogen (secondary N) is 1. The fraction of sp³-hybridized carbons (Fsp3) is 1.00. The van der Waals surface area contributed by atoms with Gasteiger partial charge in [-0.25, -0.2) is 0 Å². The van der Waals surface area contributed by atoms with Gasteiger partial charge in [0.25, 0.3) is 0 Å². The molecule has 0 aromatic rings. The van der Waals surface area contributed by atoms with Crippen LogP contribution in [0.3, 0.4) is 0 Å². The van der Waals surface area contributed by atoms with Crippen molar-refractivity contribution < 1.29 is 0 Å². The van der Waals surface area contributed by atoms with Gasteiger partial charge in [-0.05, 0) is 30.8 Å². The van der Waals surface area contributed by atoms with Gasteiger partial charge in [0.05, 0.1) is 0 Å². The first kappa shape index (κ1) is 9.47. The molecular formula is C11H22N2. The van der Waals surface area contributed by atoms with Gasteiger partial charge in [0.1, 0.15) is 0 Å². The summed E-state index contributed by atoms with van der Waals surface area (Å²) in [5.41, 5.74) is 0.421. The molecule has 0 aromatic heterocycles. The van der Waals surface area contributed by atoms with Crippen LogP contribution in [0.15, 0.2) is 0 Å². The summed E-state index contributed by atoms with van der Waals surface area (Å²) in [7, 11) is 2.25. The lowest BCUT2D eigenvalue weighted by Gasteiger charge is -2.32. The maximum absolute atomic E-state index is 3.69. The topological polar surface area (TPSA) is 15.3 Å². The third-order valence-corrected chi connectivity index (χ3v) is 3.64. The van der Waals surface area contributed by atoms with E-state index in [9.17, 15) is 0 Å². The Labute approximate surface area is 81.7 Å². The molecule has 0 aliphatic carbocycles. The van der Waals surface area contributed by atoms with Crippen LogP contribution in [0.4, 0.5) is 0 Å². The third kappa shape index (κ3) is 1.62. The summed E-state index contributed by atoms with van der Waals surface area (Å²) in [5.74, 6) is 1.80. The highest BCUT2D eigenvalue weighted by Crippen LogP contribution is 2.37. The van der Waals surface area contributed by atoms with Crippen molar-refractivity contribution in [2.45, 2.75) is 26.8 Å². The molecule has 2 heterocycles. The Morgan fingerprint density at radius 3 is 2.54 bits per heavy atom. The molecule has 1 N–H and O–H groups in total. The predicted molar refractivity (Wildman–Crippen MR) is 55.7 cm³/mol. The zero-order chi connectivity index (χ0) is 9.64. The Hall–Kier alpha value is -0.0800. The lowest BCUT2D eigenvalue weighted by atomic mass is 9.78. The molecule has 0 bridgehead atoms. The molecule has 2 heteroatoms. The maximum atomic E-state index is 3.69. The number of hydrogen-bond donors (Lipinski definition) is 1. The SMILES string of the molecule is CN1CC2CNC(C(C)(C)C)C2C1.